The van der Waals surface area contributed by atoms with Crippen LogP contribution in [0.3, 0.4) is 0 Å². The van der Waals surface area contributed by atoms with E-state index in [4.69, 9.17) is 21.4 Å². The number of hydrogen-bond donors (Lipinski definition) is 2. The maximum atomic E-state index is 12.0. The van der Waals surface area contributed by atoms with Gasteiger partial charge >= 0.3 is 11.9 Å². The monoisotopic (exact) mass is 411 g/mol. The van der Waals surface area contributed by atoms with E-state index < -0.39 is 29.8 Å². The van der Waals surface area contributed by atoms with Crippen LogP contribution in [0.25, 0.3) is 0 Å². The van der Waals surface area contributed by atoms with E-state index in [1.807, 2.05) is 0 Å². The smallest absolute Gasteiger partial charge is 0.315 e. The zero-order valence-electron chi connectivity index (χ0n) is 11.9. The molecule has 0 aliphatic heterocycles. The highest BCUT2D eigenvalue weighted by molar-refractivity contribution is 9.11. The van der Waals surface area contributed by atoms with Crippen molar-refractivity contribution in [1.29, 1.82) is 0 Å². The minimum absolute atomic E-state index is 0.169. The van der Waals surface area contributed by atoms with Crippen LogP contribution in [-0.2, 0) is 24.7 Å². The number of carboxylic acids is 1. The van der Waals surface area contributed by atoms with Gasteiger partial charge < -0.3 is 15.2 Å². The molecule has 0 aromatic carbocycles. The van der Waals surface area contributed by atoms with Gasteiger partial charge in [0.05, 0.1) is 32.3 Å². The van der Waals surface area contributed by atoms with Crippen molar-refractivity contribution in [3.05, 3.63) is 19.8 Å². The minimum atomic E-state index is -1.22. The summed E-state index contributed by atoms with van der Waals surface area (Å²) in [5.41, 5.74) is -1.22. The van der Waals surface area contributed by atoms with E-state index in [1.54, 1.807) is 19.9 Å². The molecule has 0 saturated carbocycles. The molecule has 1 heterocycles. The summed E-state index contributed by atoms with van der Waals surface area (Å²) in [6.07, 6.45) is -0.846. The maximum Gasteiger partial charge on any atom is 0.315 e. The van der Waals surface area contributed by atoms with Crippen LogP contribution in [0.4, 0.5) is 0 Å². The predicted molar refractivity (Wildman–Crippen MR) is 86.0 cm³/mol. The third-order valence-electron chi connectivity index (χ3n) is 2.69. The molecule has 0 fully saturated rings. The summed E-state index contributed by atoms with van der Waals surface area (Å²) in [5, 5.41) is 12.0. The Hall–Kier alpha value is -1.12. The van der Waals surface area contributed by atoms with Crippen LogP contribution in [0.1, 0.15) is 31.6 Å². The first-order chi connectivity index (χ1) is 10.2. The zero-order chi connectivity index (χ0) is 16.9. The van der Waals surface area contributed by atoms with Crippen molar-refractivity contribution in [2.45, 2.75) is 32.2 Å². The van der Waals surface area contributed by atoms with Crippen molar-refractivity contribution in [1.82, 2.24) is 5.32 Å². The lowest BCUT2D eigenvalue weighted by Gasteiger charge is -2.28. The molecule has 0 aliphatic rings. The standard InChI is InChI=1S/C13H15BrClNO5S/c1-3-21-11(20)5-9(17)16-13(2,6-10(18)19)12-7(15)4-8(14)22-12/h4H,3,5-6H2,1-2H3,(H,16,17)(H,18,19). The number of thiophene rings is 1. The van der Waals surface area contributed by atoms with Crippen molar-refractivity contribution in [2.75, 3.05) is 6.61 Å². The van der Waals surface area contributed by atoms with Crippen LogP contribution in [0.5, 0.6) is 0 Å². The first-order valence-corrected chi connectivity index (χ1v) is 8.30. The van der Waals surface area contributed by atoms with Gasteiger partial charge in [0.15, 0.2) is 0 Å². The second-order valence-corrected chi connectivity index (χ2v) is 7.50. The topological polar surface area (TPSA) is 92.7 Å². The van der Waals surface area contributed by atoms with Crippen molar-refractivity contribution >= 4 is 56.7 Å². The van der Waals surface area contributed by atoms with E-state index in [0.29, 0.717) is 13.7 Å². The van der Waals surface area contributed by atoms with Gasteiger partial charge in [-0.25, -0.2) is 0 Å². The van der Waals surface area contributed by atoms with Gasteiger partial charge in [0.25, 0.3) is 0 Å². The summed E-state index contributed by atoms with van der Waals surface area (Å²) in [6, 6.07) is 1.62. The van der Waals surface area contributed by atoms with Gasteiger partial charge in [-0.15, -0.1) is 11.3 Å². The molecule has 1 amide bonds. The number of carbonyl (C=O) groups excluding carboxylic acids is 2. The molecule has 9 heteroatoms. The van der Waals surface area contributed by atoms with Crippen molar-refractivity contribution in [3.8, 4) is 0 Å². The van der Waals surface area contributed by atoms with Gasteiger partial charge in [0.2, 0.25) is 5.91 Å². The summed E-state index contributed by atoms with van der Waals surface area (Å²) in [4.78, 5) is 34.9. The van der Waals surface area contributed by atoms with Gasteiger partial charge in [0.1, 0.15) is 6.42 Å². The molecule has 0 saturated heterocycles. The number of rotatable bonds is 7. The Morgan fingerprint density at radius 3 is 2.59 bits per heavy atom. The summed E-state index contributed by atoms with van der Waals surface area (Å²) in [5.74, 6) is -2.39. The first kappa shape index (κ1) is 18.9. The maximum absolute atomic E-state index is 12.0. The van der Waals surface area contributed by atoms with E-state index in [-0.39, 0.29) is 13.0 Å². The van der Waals surface area contributed by atoms with Crippen LogP contribution in [0, 0.1) is 0 Å². The van der Waals surface area contributed by atoms with Crippen LogP contribution in [0.2, 0.25) is 5.02 Å². The predicted octanol–water partition coefficient (Wildman–Crippen LogP) is 2.92. The van der Waals surface area contributed by atoms with Crippen LogP contribution in [0.15, 0.2) is 9.85 Å². The Bertz CT molecular complexity index is 591. The molecule has 0 aliphatic carbocycles. The van der Waals surface area contributed by atoms with Gasteiger partial charge in [0, 0.05) is 0 Å². The van der Waals surface area contributed by atoms with Gasteiger partial charge in [-0.1, -0.05) is 11.6 Å². The largest absolute Gasteiger partial charge is 0.481 e. The summed E-state index contributed by atoms with van der Waals surface area (Å²) in [7, 11) is 0. The Morgan fingerprint density at radius 2 is 2.14 bits per heavy atom. The fourth-order valence-corrected chi connectivity index (χ4v) is 4.12. The Morgan fingerprint density at radius 1 is 1.50 bits per heavy atom. The first-order valence-electron chi connectivity index (χ1n) is 6.31. The number of ether oxygens (including phenoxy) is 1. The average Bonchev–Trinajstić information content (AvgIpc) is 2.67. The van der Waals surface area contributed by atoms with Crippen molar-refractivity contribution in [3.63, 3.8) is 0 Å². The molecule has 1 rings (SSSR count). The summed E-state index contributed by atoms with van der Waals surface area (Å²) < 4.78 is 5.41. The Labute approximate surface area is 144 Å². The average molecular weight is 413 g/mol. The molecule has 1 unspecified atom stereocenters. The number of aliphatic carboxylic acids is 1. The summed E-state index contributed by atoms with van der Waals surface area (Å²) >= 11 is 10.6. The lowest BCUT2D eigenvalue weighted by atomic mass is 9.95. The number of carboxylic acid groups (broad SMARTS) is 1. The molecule has 0 radical (unpaired) electrons. The summed E-state index contributed by atoms with van der Waals surface area (Å²) in [6.45, 7) is 3.35. The van der Waals surface area contributed by atoms with E-state index in [1.165, 1.54) is 11.3 Å². The lowest BCUT2D eigenvalue weighted by Crippen LogP contribution is -2.45. The molecule has 6 nitrogen and oxygen atoms in total. The number of nitrogens with one attached hydrogen (secondary N) is 1. The number of hydrogen-bond acceptors (Lipinski definition) is 5. The molecule has 0 bridgehead atoms. The van der Waals surface area contributed by atoms with Gasteiger partial charge in [-0.3, -0.25) is 14.4 Å². The normalized spacial score (nSPS) is 13.3. The number of halogens is 2. The zero-order valence-corrected chi connectivity index (χ0v) is 15.1. The third kappa shape index (κ3) is 5.26. The number of carbonyl (C=O) groups is 3. The molecule has 1 aromatic rings. The number of esters is 1. The molecule has 2 N–H and O–H groups in total. The highest BCUT2D eigenvalue weighted by atomic mass is 79.9. The lowest BCUT2D eigenvalue weighted by molar-refractivity contribution is -0.146. The minimum Gasteiger partial charge on any atom is -0.481 e. The van der Waals surface area contributed by atoms with Crippen molar-refractivity contribution in [2.24, 2.45) is 0 Å². The van der Waals surface area contributed by atoms with Crippen LogP contribution >= 0.6 is 38.9 Å². The second-order valence-electron chi connectivity index (χ2n) is 4.66. The second kappa shape index (κ2) is 7.94. The fourth-order valence-electron chi connectivity index (χ4n) is 1.90. The van der Waals surface area contributed by atoms with Gasteiger partial charge in [-0.05, 0) is 35.8 Å². The third-order valence-corrected chi connectivity index (χ3v) is 5.00. The molecule has 0 spiro atoms. The highest BCUT2D eigenvalue weighted by Crippen LogP contribution is 2.40. The number of amides is 1. The van der Waals surface area contributed by atoms with Crippen molar-refractivity contribution < 1.29 is 24.2 Å². The van der Waals surface area contributed by atoms with Crippen LogP contribution in [-0.4, -0.2) is 29.6 Å². The van der Waals surface area contributed by atoms with E-state index >= 15 is 0 Å². The molecule has 22 heavy (non-hydrogen) atoms. The Balaban J connectivity index is 2.98. The molecule has 1 aromatic heterocycles. The Kier molecular flexibility index (Phi) is 6.83. The molecular weight excluding hydrogens is 398 g/mol. The highest BCUT2D eigenvalue weighted by Gasteiger charge is 2.35. The van der Waals surface area contributed by atoms with E-state index in [9.17, 15) is 14.4 Å². The van der Waals surface area contributed by atoms with Crippen LogP contribution < -0.4 is 5.32 Å². The SMILES string of the molecule is CCOC(=O)CC(=O)NC(C)(CC(=O)O)c1sc(Br)cc1Cl. The fraction of sp³-hybridized carbons (Fsp3) is 0.462. The van der Waals surface area contributed by atoms with E-state index in [0.717, 1.165) is 0 Å². The molecule has 122 valence electrons. The van der Waals surface area contributed by atoms with Gasteiger partial charge in [-0.2, -0.15) is 0 Å². The molecular formula is C13H15BrClNO5S. The van der Waals surface area contributed by atoms with E-state index in [2.05, 4.69) is 21.2 Å². The quantitative estimate of drug-likeness (QED) is 0.530. The molecule has 1 atom stereocenters.